The Labute approximate surface area is 104 Å². The summed E-state index contributed by atoms with van der Waals surface area (Å²) in [6.45, 7) is 6.04. The van der Waals surface area contributed by atoms with Gasteiger partial charge in [-0.1, -0.05) is 43.9 Å². The molecule has 0 bridgehead atoms. The SMILES string of the molecule is C=Cc1cccc(N(C)C2=CCC(C)C=C2)c1. The van der Waals surface area contributed by atoms with E-state index in [1.54, 1.807) is 0 Å². The first kappa shape index (κ1) is 11.7. The number of benzene rings is 1. The highest BCUT2D eigenvalue weighted by Gasteiger charge is 2.09. The zero-order valence-electron chi connectivity index (χ0n) is 10.6. The normalized spacial score (nSPS) is 18.7. The molecule has 0 N–H and O–H groups in total. The van der Waals surface area contributed by atoms with Crippen molar-refractivity contribution in [3.63, 3.8) is 0 Å². The molecule has 1 aliphatic carbocycles. The molecule has 0 saturated heterocycles. The van der Waals surface area contributed by atoms with Crippen molar-refractivity contribution in [2.75, 3.05) is 11.9 Å². The Bertz CT molecular complexity index is 468. The van der Waals surface area contributed by atoms with Gasteiger partial charge in [0.2, 0.25) is 0 Å². The summed E-state index contributed by atoms with van der Waals surface area (Å²) < 4.78 is 0. The molecule has 88 valence electrons. The minimum absolute atomic E-state index is 0.659. The fraction of sp³-hybridized carbons (Fsp3) is 0.250. The summed E-state index contributed by atoms with van der Waals surface area (Å²) in [5.41, 5.74) is 3.63. The second-order valence-corrected chi connectivity index (χ2v) is 4.56. The quantitative estimate of drug-likeness (QED) is 0.743. The Morgan fingerprint density at radius 2 is 2.24 bits per heavy atom. The number of anilines is 1. The second kappa shape index (κ2) is 5.05. The number of likely N-dealkylation sites (N-methyl/N-ethyl adjacent to an activating group) is 1. The Balaban J connectivity index is 2.22. The summed E-state index contributed by atoms with van der Waals surface area (Å²) in [6.07, 6.45) is 9.77. The van der Waals surface area contributed by atoms with Gasteiger partial charge in [-0.15, -0.1) is 0 Å². The summed E-state index contributed by atoms with van der Waals surface area (Å²) in [5.74, 6) is 0.659. The smallest absolute Gasteiger partial charge is 0.0414 e. The largest absolute Gasteiger partial charge is 0.345 e. The van der Waals surface area contributed by atoms with Crippen molar-refractivity contribution in [2.45, 2.75) is 13.3 Å². The molecule has 0 radical (unpaired) electrons. The molecular weight excluding hydrogens is 206 g/mol. The van der Waals surface area contributed by atoms with Gasteiger partial charge in [0.05, 0.1) is 0 Å². The number of allylic oxidation sites excluding steroid dienone is 3. The third-order valence-electron chi connectivity index (χ3n) is 3.17. The Morgan fingerprint density at radius 3 is 2.88 bits per heavy atom. The predicted molar refractivity (Wildman–Crippen MR) is 75.9 cm³/mol. The van der Waals surface area contributed by atoms with Gasteiger partial charge in [0.1, 0.15) is 0 Å². The molecule has 0 spiro atoms. The van der Waals surface area contributed by atoms with Crippen LogP contribution in [0.3, 0.4) is 0 Å². The van der Waals surface area contributed by atoms with Crippen LogP contribution in [-0.2, 0) is 0 Å². The van der Waals surface area contributed by atoms with E-state index in [0.717, 1.165) is 12.0 Å². The molecule has 1 heteroatoms. The first-order valence-corrected chi connectivity index (χ1v) is 6.05. The molecule has 0 aliphatic heterocycles. The van der Waals surface area contributed by atoms with Gasteiger partial charge in [-0.05, 0) is 36.1 Å². The van der Waals surface area contributed by atoms with E-state index >= 15 is 0 Å². The van der Waals surface area contributed by atoms with Crippen LogP contribution in [0.2, 0.25) is 0 Å². The molecule has 1 atom stereocenters. The van der Waals surface area contributed by atoms with Gasteiger partial charge in [-0.25, -0.2) is 0 Å². The maximum Gasteiger partial charge on any atom is 0.0414 e. The van der Waals surface area contributed by atoms with Crippen LogP contribution in [-0.4, -0.2) is 7.05 Å². The summed E-state index contributed by atoms with van der Waals surface area (Å²) in [6, 6.07) is 8.41. The Morgan fingerprint density at radius 1 is 1.41 bits per heavy atom. The second-order valence-electron chi connectivity index (χ2n) is 4.56. The maximum atomic E-state index is 3.81. The monoisotopic (exact) mass is 225 g/mol. The van der Waals surface area contributed by atoms with Gasteiger partial charge in [0.25, 0.3) is 0 Å². The fourth-order valence-electron chi connectivity index (χ4n) is 1.97. The van der Waals surface area contributed by atoms with Crippen LogP contribution in [0.15, 0.2) is 54.8 Å². The standard InChI is InChI=1S/C16H19N/c1-4-14-6-5-7-16(12-14)17(3)15-10-8-13(2)9-11-15/h4-8,10-13H,1,9H2,2-3H3. The van der Waals surface area contributed by atoms with E-state index in [2.05, 4.69) is 67.9 Å². The van der Waals surface area contributed by atoms with E-state index in [1.165, 1.54) is 11.4 Å². The van der Waals surface area contributed by atoms with Crippen molar-refractivity contribution >= 4 is 11.8 Å². The zero-order chi connectivity index (χ0) is 12.3. The molecule has 17 heavy (non-hydrogen) atoms. The van der Waals surface area contributed by atoms with Crippen molar-refractivity contribution in [1.82, 2.24) is 0 Å². The van der Waals surface area contributed by atoms with Crippen molar-refractivity contribution in [3.8, 4) is 0 Å². The van der Waals surface area contributed by atoms with Crippen molar-refractivity contribution in [3.05, 3.63) is 60.3 Å². The van der Waals surface area contributed by atoms with Gasteiger partial charge in [0.15, 0.2) is 0 Å². The van der Waals surface area contributed by atoms with Crippen LogP contribution in [0.5, 0.6) is 0 Å². The van der Waals surface area contributed by atoms with Crippen LogP contribution in [0.4, 0.5) is 5.69 Å². The number of hydrogen-bond acceptors (Lipinski definition) is 1. The molecular formula is C16H19N. The number of rotatable bonds is 3. The molecule has 0 fully saturated rings. The maximum absolute atomic E-state index is 3.81. The van der Waals surface area contributed by atoms with Gasteiger partial charge in [-0.3, -0.25) is 0 Å². The lowest BCUT2D eigenvalue weighted by Crippen LogP contribution is -2.16. The average Bonchev–Trinajstić information content (AvgIpc) is 2.39. The van der Waals surface area contributed by atoms with Crippen LogP contribution in [0.25, 0.3) is 6.08 Å². The summed E-state index contributed by atoms with van der Waals surface area (Å²) in [7, 11) is 2.11. The molecule has 1 aliphatic rings. The van der Waals surface area contributed by atoms with Gasteiger partial charge < -0.3 is 4.90 Å². The minimum Gasteiger partial charge on any atom is -0.345 e. The van der Waals surface area contributed by atoms with E-state index in [9.17, 15) is 0 Å². The van der Waals surface area contributed by atoms with Gasteiger partial charge in [0, 0.05) is 18.4 Å². The molecule has 0 aromatic heterocycles. The van der Waals surface area contributed by atoms with Crippen LogP contribution >= 0.6 is 0 Å². The van der Waals surface area contributed by atoms with Crippen LogP contribution < -0.4 is 4.90 Å². The molecule has 1 aromatic carbocycles. The minimum atomic E-state index is 0.659. The Hall–Kier alpha value is -1.76. The lowest BCUT2D eigenvalue weighted by molar-refractivity contribution is 0.727. The topological polar surface area (TPSA) is 3.24 Å². The van der Waals surface area contributed by atoms with Crippen LogP contribution in [0, 0.1) is 5.92 Å². The summed E-state index contributed by atoms with van der Waals surface area (Å²) >= 11 is 0. The van der Waals surface area contributed by atoms with Crippen LogP contribution in [0.1, 0.15) is 18.9 Å². The number of hydrogen-bond donors (Lipinski definition) is 0. The average molecular weight is 225 g/mol. The van der Waals surface area contributed by atoms with E-state index in [4.69, 9.17) is 0 Å². The number of nitrogens with zero attached hydrogens (tertiary/aromatic N) is 1. The fourth-order valence-corrected chi connectivity index (χ4v) is 1.97. The van der Waals surface area contributed by atoms with Crippen molar-refractivity contribution in [1.29, 1.82) is 0 Å². The third-order valence-corrected chi connectivity index (χ3v) is 3.17. The molecule has 0 heterocycles. The lowest BCUT2D eigenvalue weighted by Gasteiger charge is -2.24. The van der Waals surface area contributed by atoms with Crippen molar-refractivity contribution in [2.24, 2.45) is 5.92 Å². The predicted octanol–water partition coefficient (Wildman–Crippen LogP) is 4.25. The molecule has 0 amide bonds. The molecule has 0 saturated carbocycles. The molecule has 2 rings (SSSR count). The van der Waals surface area contributed by atoms with E-state index in [-0.39, 0.29) is 0 Å². The highest BCUT2D eigenvalue weighted by Crippen LogP contribution is 2.24. The lowest BCUT2D eigenvalue weighted by atomic mass is 10.0. The van der Waals surface area contributed by atoms with E-state index in [0.29, 0.717) is 5.92 Å². The van der Waals surface area contributed by atoms with Gasteiger partial charge in [-0.2, -0.15) is 0 Å². The highest BCUT2D eigenvalue weighted by molar-refractivity contribution is 5.60. The summed E-state index contributed by atoms with van der Waals surface area (Å²) in [4.78, 5) is 2.22. The first-order chi connectivity index (χ1) is 8.20. The van der Waals surface area contributed by atoms with E-state index in [1.807, 2.05) is 6.08 Å². The zero-order valence-corrected chi connectivity index (χ0v) is 10.6. The highest BCUT2D eigenvalue weighted by atomic mass is 15.1. The molecule has 1 aromatic rings. The third kappa shape index (κ3) is 2.68. The first-order valence-electron chi connectivity index (χ1n) is 6.05. The molecule has 1 unspecified atom stereocenters. The molecule has 1 nitrogen and oxygen atoms in total. The van der Waals surface area contributed by atoms with E-state index < -0.39 is 0 Å². The Kier molecular flexibility index (Phi) is 3.48. The van der Waals surface area contributed by atoms with Crippen molar-refractivity contribution < 1.29 is 0 Å². The summed E-state index contributed by atoms with van der Waals surface area (Å²) in [5, 5.41) is 0. The van der Waals surface area contributed by atoms with Gasteiger partial charge >= 0.3 is 0 Å².